The Morgan fingerprint density at radius 2 is 1.95 bits per heavy atom. The molecule has 37 heavy (non-hydrogen) atoms. The molecule has 1 aliphatic rings. The molecule has 0 atom stereocenters. The number of fused-ring (bicyclic) bond motifs is 1. The van der Waals surface area contributed by atoms with Crippen LogP contribution in [0.3, 0.4) is 0 Å². The fourth-order valence-corrected chi connectivity index (χ4v) is 4.31. The minimum absolute atomic E-state index is 0.0270. The van der Waals surface area contributed by atoms with Crippen LogP contribution in [-0.4, -0.2) is 73.2 Å². The van der Waals surface area contributed by atoms with Gasteiger partial charge in [-0.05, 0) is 45.6 Å². The predicted octanol–water partition coefficient (Wildman–Crippen LogP) is 3.08. The molecule has 1 amide bonds. The van der Waals surface area contributed by atoms with Gasteiger partial charge in [0.05, 0.1) is 30.0 Å². The highest BCUT2D eigenvalue weighted by Gasteiger charge is 2.30. The van der Waals surface area contributed by atoms with E-state index in [0.717, 1.165) is 32.1 Å². The number of rotatable bonds is 5. The lowest BCUT2D eigenvalue weighted by Gasteiger charge is -2.38. The van der Waals surface area contributed by atoms with E-state index in [1.54, 1.807) is 34.1 Å². The van der Waals surface area contributed by atoms with Crippen molar-refractivity contribution in [2.45, 2.75) is 51.8 Å². The summed E-state index contributed by atoms with van der Waals surface area (Å²) in [5.74, 6) is 5.52. The number of halogens is 1. The van der Waals surface area contributed by atoms with Crippen LogP contribution in [0.15, 0.2) is 47.8 Å². The Balaban J connectivity index is 1.40. The molecule has 0 aromatic carbocycles. The molecule has 0 aliphatic carbocycles. The van der Waals surface area contributed by atoms with Gasteiger partial charge in [-0.2, -0.15) is 0 Å². The lowest BCUT2D eigenvalue weighted by molar-refractivity contribution is 0.0117. The molecule has 1 saturated heterocycles. The molecular formula is C27H31FN6O3. The number of aromatic nitrogens is 4. The molecule has 10 heteroatoms. The molecule has 3 aromatic heterocycles. The summed E-state index contributed by atoms with van der Waals surface area (Å²) < 4.78 is 21.0. The smallest absolute Gasteiger partial charge is 0.411 e. The van der Waals surface area contributed by atoms with Gasteiger partial charge in [0.15, 0.2) is 0 Å². The first-order valence-corrected chi connectivity index (χ1v) is 12.3. The predicted molar refractivity (Wildman–Crippen MR) is 137 cm³/mol. The first-order chi connectivity index (χ1) is 17.7. The molecule has 0 unspecified atom stereocenters. The number of carbonyl (C=O) groups excluding carboxylic acids is 1. The van der Waals surface area contributed by atoms with Crippen molar-refractivity contribution in [1.82, 2.24) is 29.3 Å². The molecule has 0 spiro atoms. The van der Waals surface area contributed by atoms with E-state index in [1.807, 2.05) is 20.8 Å². The molecule has 0 radical (unpaired) electrons. The van der Waals surface area contributed by atoms with Gasteiger partial charge in [-0.15, -0.1) is 0 Å². The van der Waals surface area contributed by atoms with E-state index in [2.05, 4.69) is 31.7 Å². The number of amides is 1. The van der Waals surface area contributed by atoms with Crippen molar-refractivity contribution in [3.05, 3.63) is 64.9 Å². The van der Waals surface area contributed by atoms with Crippen LogP contribution in [-0.2, 0) is 11.3 Å². The first-order valence-electron chi connectivity index (χ1n) is 12.3. The van der Waals surface area contributed by atoms with E-state index in [9.17, 15) is 14.0 Å². The lowest BCUT2D eigenvalue weighted by atomic mass is 10.0. The number of ether oxygens (including phenoxy) is 1. The largest absolute Gasteiger partial charge is 0.444 e. The van der Waals surface area contributed by atoms with Crippen molar-refractivity contribution in [1.29, 1.82) is 0 Å². The standard InChI is InChI=1S/C27H31FN6O3/c1-27(2,3)37-26(36)33(12-4-5-21-19-29-10-11-30-21)22-8-13-32(14-9-22)15-16-34-24-17-20(28)18-31-23(24)6-7-25(34)35/h6-7,10-11,17-19,22H,8-9,12-16H2,1-3H3. The molecule has 0 N–H and O–H groups in total. The van der Waals surface area contributed by atoms with Crippen LogP contribution < -0.4 is 5.56 Å². The van der Waals surface area contributed by atoms with E-state index in [0.29, 0.717) is 29.8 Å². The van der Waals surface area contributed by atoms with E-state index >= 15 is 0 Å². The summed E-state index contributed by atoms with van der Waals surface area (Å²) in [5, 5.41) is 0. The molecule has 1 fully saturated rings. The quantitative estimate of drug-likeness (QED) is 0.491. The zero-order valence-electron chi connectivity index (χ0n) is 21.4. The van der Waals surface area contributed by atoms with E-state index in [1.165, 1.54) is 12.1 Å². The Hall–Kier alpha value is -3.84. The van der Waals surface area contributed by atoms with E-state index in [-0.39, 0.29) is 18.1 Å². The molecule has 9 nitrogen and oxygen atoms in total. The minimum Gasteiger partial charge on any atom is -0.444 e. The van der Waals surface area contributed by atoms with Gasteiger partial charge in [-0.25, -0.2) is 14.2 Å². The van der Waals surface area contributed by atoms with Gasteiger partial charge in [-0.3, -0.25) is 19.7 Å². The SMILES string of the molecule is CC(C)(C)OC(=O)N(CC#Cc1cnccn1)C1CCN(CCn2c(=O)ccc3ncc(F)cc32)CC1. The molecular weight excluding hydrogens is 475 g/mol. The van der Waals surface area contributed by atoms with Crippen LogP contribution in [0.4, 0.5) is 9.18 Å². The van der Waals surface area contributed by atoms with Crippen molar-refractivity contribution >= 4 is 17.1 Å². The number of hydrogen-bond donors (Lipinski definition) is 0. The average Bonchev–Trinajstić information content (AvgIpc) is 2.86. The van der Waals surface area contributed by atoms with Gasteiger partial charge in [0, 0.05) is 56.7 Å². The number of carbonyl (C=O) groups is 1. The van der Waals surface area contributed by atoms with Gasteiger partial charge >= 0.3 is 6.09 Å². The summed E-state index contributed by atoms with van der Waals surface area (Å²) in [6.07, 6.45) is 6.98. The second-order valence-corrected chi connectivity index (χ2v) is 9.95. The Bertz CT molecular complexity index is 1350. The van der Waals surface area contributed by atoms with Crippen LogP contribution in [0.25, 0.3) is 11.0 Å². The van der Waals surface area contributed by atoms with Crippen LogP contribution >= 0.6 is 0 Å². The summed E-state index contributed by atoms with van der Waals surface area (Å²) in [5.41, 5.74) is 0.803. The summed E-state index contributed by atoms with van der Waals surface area (Å²) in [7, 11) is 0. The molecule has 4 rings (SSSR count). The fourth-order valence-electron chi connectivity index (χ4n) is 4.31. The molecule has 0 bridgehead atoms. The maximum atomic E-state index is 13.8. The Morgan fingerprint density at radius 1 is 1.16 bits per heavy atom. The highest BCUT2D eigenvalue weighted by molar-refractivity contribution is 5.74. The fraction of sp³-hybridized carbons (Fsp3) is 0.444. The van der Waals surface area contributed by atoms with Crippen LogP contribution in [0, 0.1) is 17.7 Å². The van der Waals surface area contributed by atoms with Crippen molar-refractivity contribution in [2.24, 2.45) is 0 Å². The number of piperidine rings is 1. The van der Waals surface area contributed by atoms with Crippen LogP contribution in [0.1, 0.15) is 39.3 Å². The second-order valence-electron chi connectivity index (χ2n) is 9.95. The van der Waals surface area contributed by atoms with Crippen molar-refractivity contribution in [2.75, 3.05) is 26.2 Å². The van der Waals surface area contributed by atoms with E-state index in [4.69, 9.17) is 4.74 Å². The van der Waals surface area contributed by atoms with Gasteiger partial charge in [0.2, 0.25) is 0 Å². The zero-order valence-corrected chi connectivity index (χ0v) is 21.4. The third kappa shape index (κ3) is 7.11. The normalized spacial score (nSPS) is 14.7. The summed E-state index contributed by atoms with van der Waals surface area (Å²) in [6, 6.07) is 4.38. The first kappa shape index (κ1) is 26.2. The molecule has 0 saturated carbocycles. The number of pyridine rings is 2. The zero-order chi connectivity index (χ0) is 26.4. The summed E-state index contributed by atoms with van der Waals surface area (Å²) in [4.78, 5) is 41.6. The van der Waals surface area contributed by atoms with Gasteiger partial charge < -0.3 is 14.2 Å². The number of nitrogens with zero attached hydrogens (tertiary/aromatic N) is 6. The summed E-state index contributed by atoms with van der Waals surface area (Å²) >= 11 is 0. The lowest BCUT2D eigenvalue weighted by Crippen LogP contribution is -2.49. The van der Waals surface area contributed by atoms with E-state index < -0.39 is 17.5 Å². The van der Waals surface area contributed by atoms with Gasteiger partial charge in [0.1, 0.15) is 17.1 Å². The van der Waals surface area contributed by atoms with Crippen LogP contribution in [0.2, 0.25) is 0 Å². The van der Waals surface area contributed by atoms with Crippen LogP contribution in [0.5, 0.6) is 0 Å². The second kappa shape index (κ2) is 11.5. The minimum atomic E-state index is -0.617. The molecule has 3 aromatic rings. The molecule has 1 aliphatic heterocycles. The number of likely N-dealkylation sites (tertiary alicyclic amines) is 1. The molecule has 4 heterocycles. The van der Waals surface area contributed by atoms with Gasteiger partial charge in [-0.1, -0.05) is 5.92 Å². The molecule has 194 valence electrons. The Morgan fingerprint density at radius 3 is 2.65 bits per heavy atom. The third-order valence-electron chi connectivity index (χ3n) is 6.10. The number of hydrogen-bond acceptors (Lipinski definition) is 7. The maximum absolute atomic E-state index is 13.8. The topological polar surface area (TPSA) is 93.5 Å². The summed E-state index contributed by atoms with van der Waals surface area (Å²) in [6.45, 7) is 8.28. The van der Waals surface area contributed by atoms with Crippen molar-refractivity contribution < 1.29 is 13.9 Å². The monoisotopic (exact) mass is 506 g/mol. The highest BCUT2D eigenvalue weighted by atomic mass is 19.1. The van der Waals surface area contributed by atoms with Crippen molar-refractivity contribution in [3.63, 3.8) is 0 Å². The Kier molecular flexibility index (Phi) is 8.14. The van der Waals surface area contributed by atoms with Gasteiger partial charge in [0.25, 0.3) is 5.56 Å². The average molecular weight is 507 g/mol. The van der Waals surface area contributed by atoms with Crippen molar-refractivity contribution in [3.8, 4) is 11.8 Å². The maximum Gasteiger partial charge on any atom is 0.411 e. The third-order valence-corrected chi connectivity index (χ3v) is 6.10. The Labute approximate surface area is 215 Å². The highest BCUT2D eigenvalue weighted by Crippen LogP contribution is 2.20.